The molecular formula is C15H16INO4S. The standard InChI is InChI=1S/C15H16INO4S/c1-10(2)21-15(18)13-8-9-14(16)17(13)22(19,20)12-6-4-11(3)5-7-12/h4-10H,1-3H3. The molecule has 0 aliphatic heterocycles. The van der Waals surface area contributed by atoms with Crippen molar-refractivity contribution in [2.24, 2.45) is 0 Å². The van der Waals surface area contributed by atoms with E-state index in [9.17, 15) is 13.2 Å². The Morgan fingerprint density at radius 3 is 2.27 bits per heavy atom. The topological polar surface area (TPSA) is 65.4 Å². The van der Waals surface area contributed by atoms with Gasteiger partial charge in [0.1, 0.15) is 5.69 Å². The van der Waals surface area contributed by atoms with E-state index in [1.165, 1.54) is 18.2 Å². The lowest BCUT2D eigenvalue weighted by atomic mass is 10.2. The summed E-state index contributed by atoms with van der Waals surface area (Å²) in [6.45, 7) is 5.30. The van der Waals surface area contributed by atoms with Gasteiger partial charge in [-0.05, 0) is 67.6 Å². The minimum absolute atomic E-state index is 0.00123. The Bertz CT molecular complexity index is 791. The van der Waals surface area contributed by atoms with Gasteiger partial charge in [0.05, 0.1) is 14.7 Å². The van der Waals surface area contributed by atoms with Crippen molar-refractivity contribution in [3.05, 3.63) is 51.4 Å². The Balaban J connectivity index is 2.54. The molecular weight excluding hydrogens is 417 g/mol. The van der Waals surface area contributed by atoms with E-state index in [0.29, 0.717) is 3.70 Å². The second kappa shape index (κ2) is 6.41. The minimum atomic E-state index is -3.85. The highest BCUT2D eigenvalue weighted by Crippen LogP contribution is 2.22. The van der Waals surface area contributed by atoms with Crippen LogP contribution < -0.4 is 0 Å². The molecule has 0 spiro atoms. The van der Waals surface area contributed by atoms with Crippen molar-refractivity contribution < 1.29 is 17.9 Å². The van der Waals surface area contributed by atoms with Gasteiger partial charge in [0.15, 0.2) is 0 Å². The molecule has 0 fully saturated rings. The van der Waals surface area contributed by atoms with Gasteiger partial charge in [-0.3, -0.25) is 0 Å². The lowest BCUT2D eigenvalue weighted by molar-refractivity contribution is 0.0369. The van der Waals surface area contributed by atoms with E-state index in [-0.39, 0.29) is 16.7 Å². The van der Waals surface area contributed by atoms with Gasteiger partial charge in [0, 0.05) is 0 Å². The van der Waals surface area contributed by atoms with Crippen LogP contribution in [0.15, 0.2) is 41.3 Å². The van der Waals surface area contributed by atoms with Crippen molar-refractivity contribution >= 4 is 38.6 Å². The van der Waals surface area contributed by atoms with Crippen molar-refractivity contribution in [1.82, 2.24) is 3.97 Å². The molecule has 2 aromatic rings. The van der Waals surface area contributed by atoms with E-state index in [2.05, 4.69) is 0 Å². The number of carbonyl (C=O) groups is 1. The maximum absolute atomic E-state index is 12.8. The van der Waals surface area contributed by atoms with Gasteiger partial charge in [-0.2, -0.15) is 0 Å². The third-order valence-electron chi connectivity index (χ3n) is 2.90. The zero-order valence-electron chi connectivity index (χ0n) is 12.4. The molecule has 2 rings (SSSR count). The molecule has 0 unspecified atom stereocenters. The molecule has 0 N–H and O–H groups in total. The van der Waals surface area contributed by atoms with Crippen LogP contribution in [-0.2, 0) is 14.8 Å². The summed E-state index contributed by atoms with van der Waals surface area (Å²) in [5, 5.41) is 0. The first-order chi connectivity index (χ1) is 10.2. The highest BCUT2D eigenvalue weighted by molar-refractivity contribution is 14.1. The summed E-state index contributed by atoms with van der Waals surface area (Å²) in [7, 11) is -3.85. The molecule has 1 aromatic carbocycles. The summed E-state index contributed by atoms with van der Waals surface area (Å²) in [5.41, 5.74) is 0.958. The van der Waals surface area contributed by atoms with E-state index in [1.54, 1.807) is 32.0 Å². The van der Waals surface area contributed by atoms with Crippen molar-refractivity contribution in [2.45, 2.75) is 31.8 Å². The number of ether oxygens (including phenoxy) is 1. The van der Waals surface area contributed by atoms with Crippen LogP contribution in [0.25, 0.3) is 0 Å². The fraction of sp³-hybridized carbons (Fsp3) is 0.267. The summed E-state index contributed by atoms with van der Waals surface area (Å²) >= 11 is 1.88. The van der Waals surface area contributed by atoms with Crippen LogP contribution in [0, 0.1) is 10.6 Å². The average molecular weight is 433 g/mol. The number of aromatic nitrogens is 1. The molecule has 118 valence electrons. The van der Waals surface area contributed by atoms with Gasteiger partial charge in [-0.15, -0.1) is 0 Å². The fourth-order valence-electron chi connectivity index (χ4n) is 1.88. The van der Waals surface area contributed by atoms with Crippen molar-refractivity contribution in [3.63, 3.8) is 0 Å². The molecule has 0 aliphatic rings. The number of hydrogen-bond donors (Lipinski definition) is 0. The molecule has 0 bridgehead atoms. The summed E-state index contributed by atoms with van der Waals surface area (Å²) < 4.78 is 32.1. The van der Waals surface area contributed by atoms with E-state index >= 15 is 0 Å². The second-order valence-electron chi connectivity index (χ2n) is 5.08. The zero-order chi connectivity index (χ0) is 16.5. The molecule has 1 heterocycles. The largest absolute Gasteiger partial charge is 0.458 e. The molecule has 5 nitrogen and oxygen atoms in total. The first-order valence-electron chi connectivity index (χ1n) is 6.64. The second-order valence-corrected chi connectivity index (χ2v) is 7.97. The average Bonchev–Trinajstić information content (AvgIpc) is 2.81. The third kappa shape index (κ3) is 3.35. The fourth-order valence-corrected chi connectivity index (χ4v) is 4.48. The van der Waals surface area contributed by atoms with E-state index < -0.39 is 16.0 Å². The smallest absolute Gasteiger partial charge is 0.356 e. The molecule has 0 radical (unpaired) electrons. The Labute approximate surface area is 143 Å². The maximum Gasteiger partial charge on any atom is 0.356 e. The van der Waals surface area contributed by atoms with Crippen LogP contribution in [0.2, 0.25) is 0 Å². The number of aryl methyl sites for hydroxylation is 1. The maximum atomic E-state index is 12.8. The highest BCUT2D eigenvalue weighted by Gasteiger charge is 2.26. The van der Waals surface area contributed by atoms with E-state index in [1.807, 2.05) is 29.5 Å². The molecule has 22 heavy (non-hydrogen) atoms. The molecule has 7 heteroatoms. The quantitative estimate of drug-likeness (QED) is 0.549. The highest BCUT2D eigenvalue weighted by atomic mass is 127. The summed E-state index contributed by atoms with van der Waals surface area (Å²) in [6, 6.07) is 9.52. The van der Waals surface area contributed by atoms with Crippen LogP contribution in [0.3, 0.4) is 0 Å². The van der Waals surface area contributed by atoms with Gasteiger partial charge < -0.3 is 4.74 Å². The Morgan fingerprint density at radius 2 is 1.73 bits per heavy atom. The minimum Gasteiger partial charge on any atom is -0.458 e. The zero-order valence-corrected chi connectivity index (χ0v) is 15.4. The van der Waals surface area contributed by atoms with E-state index in [0.717, 1.165) is 9.54 Å². The number of esters is 1. The number of carbonyl (C=O) groups excluding carboxylic acids is 1. The predicted octanol–water partition coefficient (Wildman–Crippen LogP) is 3.20. The molecule has 0 amide bonds. The predicted molar refractivity (Wildman–Crippen MR) is 91.5 cm³/mol. The van der Waals surface area contributed by atoms with Gasteiger partial charge in [0.25, 0.3) is 10.0 Å². The molecule has 0 atom stereocenters. The van der Waals surface area contributed by atoms with Gasteiger partial charge >= 0.3 is 5.97 Å². The Kier molecular flexibility index (Phi) is 4.96. The summed E-state index contributed by atoms with van der Waals surface area (Å²) in [4.78, 5) is 12.2. The van der Waals surface area contributed by atoms with Gasteiger partial charge in [-0.1, -0.05) is 17.7 Å². The van der Waals surface area contributed by atoms with Gasteiger partial charge in [-0.25, -0.2) is 17.2 Å². The summed E-state index contributed by atoms with van der Waals surface area (Å²) in [6.07, 6.45) is -0.324. The van der Waals surface area contributed by atoms with Crippen molar-refractivity contribution in [1.29, 1.82) is 0 Å². The monoisotopic (exact) mass is 433 g/mol. The summed E-state index contributed by atoms with van der Waals surface area (Å²) in [5.74, 6) is -0.659. The van der Waals surface area contributed by atoms with Crippen LogP contribution in [-0.4, -0.2) is 24.5 Å². The number of nitrogens with zero attached hydrogens (tertiary/aromatic N) is 1. The molecule has 1 aromatic heterocycles. The van der Waals surface area contributed by atoms with Crippen LogP contribution in [0.5, 0.6) is 0 Å². The number of rotatable bonds is 4. The Hall–Kier alpha value is -1.35. The van der Waals surface area contributed by atoms with Gasteiger partial charge in [0.2, 0.25) is 0 Å². The van der Waals surface area contributed by atoms with E-state index in [4.69, 9.17) is 4.74 Å². The van der Waals surface area contributed by atoms with Crippen LogP contribution in [0.1, 0.15) is 29.9 Å². The lowest BCUT2D eigenvalue weighted by Gasteiger charge is -2.13. The SMILES string of the molecule is Cc1ccc(S(=O)(=O)n2c(I)ccc2C(=O)OC(C)C)cc1. The molecule has 0 saturated heterocycles. The number of benzene rings is 1. The van der Waals surface area contributed by atoms with Crippen molar-refractivity contribution in [2.75, 3.05) is 0 Å². The van der Waals surface area contributed by atoms with Crippen LogP contribution in [0.4, 0.5) is 0 Å². The third-order valence-corrected chi connectivity index (χ3v) is 5.81. The lowest BCUT2D eigenvalue weighted by Crippen LogP contribution is -2.22. The molecule has 0 saturated carbocycles. The number of hydrogen-bond acceptors (Lipinski definition) is 4. The first-order valence-corrected chi connectivity index (χ1v) is 9.16. The Morgan fingerprint density at radius 1 is 1.14 bits per heavy atom. The molecule has 0 aliphatic carbocycles. The van der Waals surface area contributed by atoms with Crippen LogP contribution >= 0.6 is 22.6 Å². The van der Waals surface area contributed by atoms with Crippen molar-refractivity contribution in [3.8, 4) is 0 Å². The first kappa shape index (κ1) is 17.0. The number of halogens is 1. The normalized spacial score (nSPS) is 11.7.